The summed E-state index contributed by atoms with van der Waals surface area (Å²) in [4.78, 5) is 37.9. The third-order valence-corrected chi connectivity index (χ3v) is 10.3. The molecule has 6 nitrogen and oxygen atoms in total. The lowest BCUT2D eigenvalue weighted by atomic mass is 10.0. The lowest BCUT2D eigenvalue weighted by Gasteiger charge is -2.18. The van der Waals surface area contributed by atoms with E-state index in [4.69, 9.17) is 14.2 Å². The van der Waals surface area contributed by atoms with Crippen LogP contribution in [0, 0.1) is 0 Å². The summed E-state index contributed by atoms with van der Waals surface area (Å²) in [6.45, 7) is 6.40. The molecule has 0 aromatic heterocycles. The zero-order chi connectivity index (χ0) is 45.1. The van der Waals surface area contributed by atoms with Crippen molar-refractivity contribution >= 4 is 17.9 Å². The molecule has 0 aliphatic rings. The molecule has 0 saturated heterocycles. The van der Waals surface area contributed by atoms with Gasteiger partial charge in [0.1, 0.15) is 13.2 Å². The maximum absolute atomic E-state index is 12.8. The minimum absolute atomic E-state index is 0.110. The fourth-order valence-electron chi connectivity index (χ4n) is 6.54. The zero-order valence-corrected chi connectivity index (χ0v) is 40.1. The Hall–Kier alpha value is -3.67. The molecule has 0 aromatic rings. The molecule has 0 N–H and O–H groups in total. The lowest BCUT2D eigenvalue weighted by Crippen LogP contribution is -2.30. The Morgan fingerprint density at radius 3 is 1.08 bits per heavy atom. The van der Waals surface area contributed by atoms with Gasteiger partial charge in [-0.25, -0.2) is 0 Å². The van der Waals surface area contributed by atoms with E-state index in [-0.39, 0.29) is 44.0 Å². The van der Waals surface area contributed by atoms with Crippen LogP contribution in [-0.2, 0) is 28.6 Å². The first kappa shape index (κ1) is 58.3. The van der Waals surface area contributed by atoms with Crippen LogP contribution in [0.5, 0.6) is 0 Å². The van der Waals surface area contributed by atoms with Crippen molar-refractivity contribution in [2.45, 2.75) is 226 Å². The van der Waals surface area contributed by atoms with E-state index in [1.807, 2.05) is 0 Å². The standard InChI is InChI=1S/C56H92O6/c1-4-7-10-13-16-19-22-25-27-28-30-31-34-37-40-43-46-49-55(58)61-52-53(51-60-54(57)48-45-42-39-36-33-24-21-18-15-12-9-6-3)62-56(59)50-47-44-41-38-35-32-29-26-23-20-17-14-11-8-5-2/h7,10,16-17,19-20,25-27,29-31,35,37-38,40,53H,4-6,8-9,11-15,18,21-24,28,32-34,36,39,41-52H2,1-3H3/b10-7-,19-16-,20-17-,27-25-,29-26-,31-30-,38-35-,40-37-/t53-/m0/s1. The van der Waals surface area contributed by atoms with Crippen molar-refractivity contribution in [1.82, 2.24) is 0 Å². The smallest absolute Gasteiger partial charge is 0.306 e. The largest absolute Gasteiger partial charge is 0.462 e. The molecule has 0 aromatic carbocycles. The molecule has 0 rings (SSSR count). The minimum Gasteiger partial charge on any atom is -0.462 e. The van der Waals surface area contributed by atoms with Crippen molar-refractivity contribution in [2.75, 3.05) is 13.2 Å². The zero-order valence-electron chi connectivity index (χ0n) is 40.1. The molecule has 1 atom stereocenters. The SMILES string of the molecule is CC/C=C\C/C=C\C/C=C\C/C=C\C/C=C\CCCC(=O)OC[C@H](COC(=O)CCCCCCCCCCCCCC)OC(=O)CCCC/C=C\C/C=C\C/C=C\CCCCC. The first-order valence-electron chi connectivity index (χ1n) is 25.2. The fourth-order valence-corrected chi connectivity index (χ4v) is 6.54. The Morgan fingerprint density at radius 2 is 0.645 bits per heavy atom. The third-order valence-electron chi connectivity index (χ3n) is 10.3. The number of hydrogen-bond donors (Lipinski definition) is 0. The highest BCUT2D eigenvalue weighted by Crippen LogP contribution is 2.14. The van der Waals surface area contributed by atoms with Crippen LogP contribution in [0.1, 0.15) is 220 Å². The summed E-state index contributed by atoms with van der Waals surface area (Å²) >= 11 is 0. The highest BCUT2D eigenvalue weighted by molar-refractivity contribution is 5.71. The maximum Gasteiger partial charge on any atom is 0.306 e. The fraction of sp³-hybridized carbons (Fsp3) is 0.661. The molecule has 62 heavy (non-hydrogen) atoms. The molecule has 0 aliphatic heterocycles. The molecule has 352 valence electrons. The van der Waals surface area contributed by atoms with Crippen LogP contribution in [-0.4, -0.2) is 37.2 Å². The van der Waals surface area contributed by atoms with Gasteiger partial charge in [-0.1, -0.05) is 201 Å². The summed E-state index contributed by atoms with van der Waals surface area (Å²) in [6.07, 6.45) is 65.4. The summed E-state index contributed by atoms with van der Waals surface area (Å²) in [6, 6.07) is 0. The molecule has 6 heteroatoms. The van der Waals surface area contributed by atoms with Gasteiger partial charge in [0.25, 0.3) is 0 Å². The highest BCUT2D eigenvalue weighted by atomic mass is 16.6. The second kappa shape index (κ2) is 50.0. The molecule has 0 fully saturated rings. The normalized spacial score (nSPS) is 12.9. The van der Waals surface area contributed by atoms with Crippen LogP contribution >= 0.6 is 0 Å². The third kappa shape index (κ3) is 47.4. The number of allylic oxidation sites excluding steroid dienone is 16. The number of ether oxygens (including phenoxy) is 3. The number of esters is 3. The monoisotopic (exact) mass is 861 g/mol. The van der Waals surface area contributed by atoms with Crippen molar-refractivity contribution in [3.05, 3.63) is 97.2 Å². The van der Waals surface area contributed by atoms with E-state index in [1.165, 1.54) is 83.5 Å². The van der Waals surface area contributed by atoms with E-state index in [1.54, 1.807) is 0 Å². The van der Waals surface area contributed by atoms with E-state index < -0.39 is 6.10 Å². The van der Waals surface area contributed by atoms with Gasteiger partial charge in [-0.3, -0.25) is 14.4 Å². The first-order valence-corrected chi connectivity index (χ1v) is 25.2. The van der Waals surface area contributed by atoms with Crippen LogP contribution < -0.4 is 0 Å². The summed E-state index contributed by atoms with van der Waals surface area (Å²) in [5.41, 5.74) is 0. The van der Waals surface area contributed by atoms with E-state index >= 15 is 0 Å². The Balaban J connectivity index is 4.55. The molecular formula is C56H92O6. The Labute approximate surface area is 381 Å². The van der Waals surface area contributed by atoms with Gasteiger partial charge >= 0.3 is 17.9 Å². The second-order valence-corrected chi connectivity index (χ2v) is 16.3. The highest BCUT2D eigenvalue weighted by Gasteiger charge is 2.19. The molecule has 0 saturated carbocycles. The number of rotatable bonds is 44. The van der Waals surface area contributed by atoms with Gasteiger partial charge in [-0.05, 0) is 96.3 Å². The van der Waals surface area contributed by atoms with Gasteiger partial charge in [-0.2, -0.15) is 0 Å². The number of hydrogen-bond acceptors (Lipinski definition) is 6. The van der Waals surface area contributed by atoms with Gasteiger partial charge in [-0.15, -0.1) is 0 Å². The van der Waals surface area contributed by atoms with Crippen molar-refractivity contribution in [2.24, 2.45) is 0 Å². The van der Waals surface area contributed by atoms with Crippen molar-refractivity contribution in [3.63, 3.8) is 0 Å². The molecule has 0 heterocycles. The number of carbonyl (C=O) groups is 3. The van der Waals surface area contributed by atoms with Gasteiger partial charge < -0.3 is 14.2 Å². The molecule has 0 bridgehead atoms. The van der Waals surface area contributed by atoms with Gasteiger partial charge in [0.05, 0.1) is 0 Å². The van der Waals surface area contributed by atoms with Crippen molar-refractivity contribution < 1.29 is 28.6 Å². The lowest BCUT2D eigenvalue weighted by molar-refractivity contribution is -0.167. The number of carbonyl (C=O) groups excluding carboxylic acids is 3. The van der Waals surface area contributed by atoms with Crippen LogP contribution in [0.2, 0.25) is 0 Å². The second-order valence-electron chi connectivity index (χ2n) is 16.3. The van der Waals surface area contributed by atoms with E-state index in [0.717, 1.165) is 83.5 Å². The maximum atomic E-state index is 12.8. The number of unbranched alkanes of at least 4 members (excludes halogenated alkanes) is 17. The van der Waals surface area contributed by atoms with Crippen LogP contribution in [0.4, 0.5) is 0 Å². The Bertz CT molecular complexity index is 1260. The first-order chi connectivity index (χ1) is 30.5. The van der Waals surface area contributed by atoms with Crippen LogP contribution in [0.3, 0.4) is 0 Å². The summed E-state index contributed by atoms with van der Waals surface area (Å²) in [7, 11) is 0. The molecule has 0 amide bonds. The quantitative estimate of drug-likeness (QED) is 0.0263. The average molecular weight is 861 g/mol. The molecular weight excluding hydrogens is 769 g/mol. The molecule has 0 radical (unpaired) electrons. The Kier molecular flexibility index (Phi) is 47.0. The molecule has 0 unspecified atom stereocenters. The van der Waals surface area contributed by atoms with E-state index in [9.17, 15) is 14.4 Å². The van der Waals surface area contributed by atoms with Crippen molar-refractivity contribution in [3.8, 4) is 0 Å². The van der Waals surface area contributed by atoms with Crippen LogP contribution in [0.25, 0.3) is 0 Å². The van der Waals surface area contributed by atoms with E-state index in [2.05, 4.69) is 118 Å². The van der Waals surface area contributed by atoms with Crippen molar-refractivity contribution in [1.29, 1.82) is 0 Å². The average Bonchev–Trinajstić information content (AvgIpc) is 3.27. The Morgan fingerprint density at radius 1 is 0.339 bits per heavy atom. The van der Waals surface area contributed by atoms with Gasteiger partial charge in [0.15, 0.2) is 6.10 Å². The predicted molar refractivity (Wildman–Crippen MR) is 265 cm³/mol. The van der Waals surface area contributed by atoms with Gasteiger partial charge in [0, 0.05) is 19.3 Å². The van der Waals surface area contributed by atoms with Gasteiger partial charge in [0.2, 0.25) is 0 Å². The van der Waals surface area contributed by atoms with Crippen LogP contribution in [0.15, 0.2) is 97.2 Å². The molecule has 0 aliphatic carbocycles. The summed E-state index contributed by atoms with van der Waals surface area (Å²) in [5.74, 6) is -1.01. The van der Waals surface area contributed by atoms with E-state index in [0.29, 0.717) is 19.3 Å². The molecule has 0 spiro atoms. The predicted octanol–water partition coefficient (Wildman–Crippen LogP) is 16.6. The summed E-state index contributed by atoms with van der Waals surface area (Å²) in [5, 5.41) is 0. The topological polar surface area (TPSA) is 78.9 Å². The minimum atomic E-state index is -0.818. The summed E-state index contributed by atoms with van der Waals surface area (Å²) < 4.78 is 16.7.